The van der Waals surface area contributed by atoms with Crippen molar-refractivity contribution in [3.05, 3.63) is 27.2 Å². The Morgan fingerprint density at radius 1 is 1.50 bits per heavy atom. The van der Waals surface area contributed by atoms with Gasteiger partial charge in [-0.05, 0) is 78.3 Å². The van der Waals surface area contributed by atoms with Crippen molar-refractivity contribution in [1.82, 2.24) is 5.32 Å². The van der Waals surface area contributed by atoms with Crippen LogP contribution in [-0.4, -0.2) is 18.2 Å². The van der Waals surface area contributed by atoms with E-state index < -0.39 is 0 Å². The van der Waals surface area contributed by atoms with Gasteiger partial charge in [0, 0.05) is 0 Å². The highest BCUT2D eigenvalue weighted by atomic mass is 79.9. The molecule has 1 aromatic carbocycles. The van der Waals surface area contributed by atoms with E-state index in [1.54, 1.807) is 0 Å². The largest absolute Gasteiger partial charge is 0.506 e. The lowest BCUT2D eigenvalue weighted by atomic mass is 9.94. The van der Waals surface area contributed by atoms with Crippen LogP contribution in [0.15, 0.2) is 10.5 Å². The first kappa shape index (κ1) is 11.9. The van der Waals surface area contributed by atoms with E-state index in [-0.39, 0.29) is 0 Å². The molecule has 1 unspecified atom stereocenters. The highest BCUT2D eigenvalue weighted by Gasteiger charge is 2.18. The summed E-state index contributed by atoms with van der Waals surface area (Å²) in [7, 11) is 0. The zero-order valence-corrected chi connectivity index (χ0v) is 11.4. The predicted octanol–water partition coefficient (Wildman–Crippen LogP) is 2.92. The molecule has 0 radical (unpaired) electrons. The zero-order valence-electron chi connectivity index (χ0n) is 9.81. The van der Waals surface area contributed by atoms with Crippen LogP contribution in [0, 0.1) is 19.8 Å². The Bertz CT molecular complexity index is 397. The molecule has 0 aliphatic carbocycles. The van der Waals surface area contributed by atoms with Gasteiger partial charge >= 0.3 is 0 Å². The third-order valence-corrected chi connectivity index (χ3v) is 4.42. The molecule has 0 aromatic heterocycles. The average Bonchev–Trinajstić information content (AvgIpc) is 2.76. The second-order valence-corrected chi connectivity index (χ2v) is 5.50. The topological polar surface area (TPSA) is 32.3 Å². The molecule has 0 bridgehead atoms. The summed E-state index contributed by atoms with van der Waals surface area (Å²) in [4.78, 5) is 0. The van der Waals surface area contributed by atoms with E-state index >= 15 is 0 Å². The first-order valence-corrected chi connectivity index (χ1v) is 6.57. The van der Waals surface area contributed by atoms with Crippen LogP contribution in [0.25, 0.3) is 0 Å². The smallest absolute Gasteiger partial charge is 0.132 e. The summed E-state index contributed by atoms with van der Waals surface area (Å²) in [5.74, 6) is 1.13. The van der Waals surface area contributed by atoms with Gasteiger partial charge < -0.3 is 10.4 Å². The molecule has 16 heavy (non-hydrogen) atoms. The fourth-order valence-corrected chi connectivity index (χ4v) is 2.91. The maximum atomic E-state index is 9.81. The van der Waals surface area contributed by atoms with Crippen molar-refractivity contribution in [3.63, 3.8) is 0 Å². The van der Waals surface area contributed by atoms with Gasteiger partial charge in [0.2, 0.25) is 0 Å². The van der Waals surface area contributed by atoms with Gasteiger partial charge in [-0.2, -0.15) is 0 Å². The Balaban J connectivity index is 2.26. The molecule has 1 aromatic rings. The number of aryl methyl sites for hydroxylation is 1. The van der Waals surface area contributed by atoms with Gasteiger partial charge in [0.05, 0.1) is 4.47 Å². The van der Waals surface area contributed by atoms with Crippen LogP contribution < -0.4 is 5.32 Å². The number of hydrogen-bond donors (Lipinski definition) is 2. The highest BCUT2D eigenvalue weighted by molar-refractivity contribution is 9.10. The van der Waals surface area contributed by atoms with Gasteiger partial charge in [0.25, 0.3) is 0 Å². The summed E-state index contributed by atoms with van der Waals surface area (Å²) < 4.78 is 0.855. The summed E-state index contributed by atoms with van der Waals surface area (Å²) in [5.41, 5.74) is 3.49. The minimum atomic E-state index is 0.380. The molecule has 2 rings (SSSR count). The van der Waals surface area contributed by atoms with E-state index in [0.717, 1.165) is 35.5 Å². The second kappa shape index (κ2) is 4.76. The summed E-state index contributed by atoms with van der Waals surface area (Å²) in [5, 5.41) is 13.2. The molecule has 0 saturated carbocycles. The number of hydrogen-bond acceptors (Lipinski definition) is 2. The first-order chi connectivity index (χ1) is 7.59. The Kier molecular flexibility index (Phi) is 3.55. The highest BCUT2D eigenvalue weighted by Crippen LogP contribution is 2.34. The Labute approximate surface area is 105 Å². The monoisotopic (exact) mass is 283 g/mol. The number of halogens is 1. The van der Waals surface area contributed by atoms with Gasteiger partial charge in [-0.15, -0.1) is 0 Å². The van der Waals surface area contributed by atoms with Crippen molar-refractivity contribution in [2.45, 2.75) is 26.7 Å². The molecule has 88 valence electrons. The lowest BCUT2D eigenvalue weighted by Gasteiger charge is -2.14. The number of aromatic hydroxyl groups is 1. The third-order valence-electron chi connectivity index (χ3n) is 3.45. The number of phenolic OH excluding ortho intramolecular Hbond substituents is 1. The van der Waals surface area contributed by atoms with E-state index in [4.69, 9.17) is 0 Å². The first-order valence-electron chi connectivity index (χ1n) is 5.78. The van der Waals surface area contributed by atoms with Crippen LogP contribution >= 0.6 is 15.9 Å². The molecule has 2 N–H and O–H groups in total. The van der Waals surface area contributed by atoms with E-state index in [0.29, 0.717) is 5.75 Å². The Hall–Kier alpha value is -0.540. The maximum Gasteiger partial charge on any atom is 0.132 e. The SMILES string of the molecule is Cc1cc(CC2CCNC2)c(C)c(Br)c1O. The third kappa shape index (κ3) is 2.25. The van der Waals surface area contributed by atoms with E-state index in [1.807, 2.05) is 6.92 Å². The van der Waals surface area contributed by atoms with Crippen molar-refractivity contribution < 1.29 is 5.11 Å². The maximum absolute atomic E-state index is 9.81. The quantitative estimate of drug-likeness (QED) is 0.875. The molecule has 1 aliphatic rings. The summed E-state index contributed by atoms with van der Waals surface area (Å²) >= 11 is 3.46. The lowest BCUT2D eigenvalue weighted by Crippen LogP contribution is -2.11. The summed E-state index contributed by atoms with van der Waals surface area (Å²) in [6.45, 7) is 6.29. The molecule has 1 fully saturated rings. The number of phenols is 1. The summed E-state index contributed by atoms with van der Waals surface area (Å²) in [6, 6.07) is 2.12. The summed E-state index contributed by atoms with van der Waals surface area (Å²) in [6.07, 6.45) is 2.37. The zero-order chi connectivity index (χ0) is 11.7. The van der Waals surface area contributed by atoms with Crippen molar-refractivity contribution in [3.8, 4) is 5.75 Å². The normalized spacial score (nSPS) is 20.3. The number of benzene rings is 1. The molecule has 1 heterocycles. The molecular weight excluding hydrogens is 266 g/mol. The molecule has 1 aliphatic heterocycles. The van der Waals surface area contributed by atoms with Crippen LogP contribution in [0.4, 0.5) is 0 Å². The van der Waals surface area contributed by atoms with Crippen LogP contribution in [0.5, 0.6) is 5.75 Å². The van der Waals surface area contributed by atoms with Gasteiger partial charge in [0.1, 0.15) is 5.75 Å². The van der Waals surface area contributed by atoms with Crippen molar-refractivity contribution >= 4 is 15.9 Å². The van der Waals surface area contributed by atoms with Crippen LogP contribution in [0.2, 0.25) is 0 Å². The van der Waals surface area contributed by atoms with Gasteiger partial charge in [0.15, 0.2) is 0 Å². The van der Waals surface area contributed by atoms with Crippen molar-refractivity contribution in [2.75, 3.05) is 13.1 Å². The van der Waals surface area contributed by atoms with Gasteiger partial charge in [-0.3, -0.25) is 0 Å². The Morgan fingerprint density at radius 2 is 2.25 bits per heavy atom. The standard InChI is InChI=1S/C13H18BrNO/c1-8-5-11(6-10-3-4-15-7-10)9(2)12(14)13(8)16/h5,10,15-16H,3-4,6-7H2,1-2H3. The van der Waals surface area contributed by atoms with Crippen LogP contribution in [0.3, 0.4) is 0 Å². The van der Waals surface area contributed by atoms with Crippen LogP contribution in [0.1, 0.15) is 23.1 Å². The van der Waals surface area contributed by atoms with Crippen molar-refractivity contribution in [1.29, 1.82) is 0 Å². The number of rotatable bonds is 2. The van der Waals surface area contributed by atoms with Crippen molar-refractivity contribution in [2.24, 2.45) is 5.92 Å². The fraction of sp³-hybridized carbons (Fsp3) is 0.538. The number of nitrogens with one attached hydrogen (secondary N) is 1. The van der Waals surface area contributed by atoms with E-state index in [9.17, 15) is 5.11 Å². The van der Waals surface area contributed by atoms with E-state index in [2.05, 4.69) is 34.2 Å². The van der Waals surface area contributed by atoms with E-state index in [1.165, 1.54) is 17.5 Å². The average molecular weight is 284 g/mol. The molecule has 3 heteroatoms. The van der Waals surface area contributed by atoms with Crippen LogP contribution in [-0.2, 0) is 6.42 Å². The lowest BCUT2D eigenvalue weighted by molar-refractivity contribution is 0.466. The molecule has 2 nitrogen and oxygen atoms in total. The minimum absolute atomic E-state index is 0.380. The molecule has 1 saturated heterocycles. The molecule has 1 atom stereocenters. The molecule has 0 amide bonds. The molecular formula is C13H18BrNO. The Morgan fingerprint density at radius 3 is 2.88 bits per heavy atom. The predicted molar refractivity (Wildman–Crippen MR) is 70.0 cm³/mol. The van der Waals surface area contributed by atoms with Gasteiger partial charge in [-0.1, -0.05) is 6.07 Å². The fourth-order valence-electron chi connectivity index (χ4n) is 2.34. The second-order valence-electron chi connectivity index (χ2n) is 4.70. The molecule has 0 spiro atoms. The van der Waals surface area contributed by atoms with Gasteiger partial charge in [-0.25, -0.2) is 0 Å². The minimum Gasteiger partial charge on any atom is -0.506 e.